The fraction of sp³-hybridized carbons (Fsp3) is 0.700. The molecule has 4 fully saturated rings. The summed E-state index contributed by atoms with van der Waals surface area (Å²) in [6, 6.07) is 0.722. The van der Waals surface area contributed by atoms with Crippen molar-refractivity contribution < 1.29 is 14.2 Å². The Morgan fingerprint density at radius 2 is 0.971 bits per heavy atom. The fourth-order valence-electron chi connectivity index (χ4n) is 4.53. The van der Waals surface area contributed by atoms with Gasteiger partial charge in [-0.2, -0.15) is 29.9 Å². The van der Waals surface area contributed by atoms with Crippen LogP contribution < -0.4 is 14.7 Å². The molecule has 35 heavy (non-hydrogen) atoms. The van der Waals surface area contributed by atoms with E-state index in [0.29, 0.717) is 56.4 Å². The first-order chi connectivity index (χ1) is 17.1. The monoisotopic (exact) mass is 545 g/mol. The molecule has 2 aromatic heterocycles. The minimum Gasteiger partial charge on any atom is -0.378 e. The number of rotatable bonds is 3. The van der Waals surface area contributed by atoms with Crippen LogP contribution in [0.15, 0.2) is 0 Å². The predicted octanol–water partition coefficient (Wildman–Crippen LogP) is 1.74. The van der Waals surface area contributed by atoms with E-state index in [1.165, 1.54) is 0 Å². The summed E-state index contributed by atoms with van der Waals surface area (Å²) in [5, 5.41) is 0.491. The van der Waals surface area contributed by atoms with Gasteiger partial charge in [-0.1, -0.05) is 0 Å². The molecule has 2 unspecified atom stereocenters. The highest BCUT2D eigenvalue weighted by Gasteiger charge is 2.39. The molecule has 12 nitrogen and oxygen atoms in total. The molecule has 6 heterocycles. The lowest BCUT2D eigenvalue weighted by atomic mass is 10.2. The largest absolute Gasteiger partial charge is 0.378 e. The molecule has 6 rings (SSSR count). The number of halogens is 3. The molecule has 2 aromatic rings. The minimum absolute atomic E-state index is 0.117. The molecule has 2 atom stereocenters. The SMILES string of the molecule is Clc1nc(Cl)nc(N2CCOCC2)n1.Clc1nc(N2CCOCC2)nc(N2C3CCC2COC3)n1. The lowest BCUT2D eigenvalue weighted by Gasteiger charge is -2.35. The number of fused-ring (bicyclic) bond motifs is 2. The van der Waals surface area contributed by atoms with Crippen LogP contribution in [0.3, 0.4) is 0 Å². The van der Waals surface area contributed by atoms with Crippen molar-refractivity contribution in [1.82, 2.24) is 29.9 Å². The first kappa shape index (κ1) is 24.8. The van der Waals surface area contributed by atoms with E-state index < -0.39 is 0 Å². The van der Waals surface area contributed by atoms with Gasteiger partial charge in [-0.15, -0.1) is 0 Å². The van der Waals surface area contributed by atoms with Crippen molar-refractivity contribution in [3.05, 3.63) is 15.9 Å². The Bertz CT molecular complexity index is 975. The normalized spacial score (nSPS) is 24.3. The maximum atomic E-state index is 6.13. The summed E-state index contributed by atoms with van der Waals surface area (Å²) in [6.07, 6.45) is 2.25. The van der Waals surface area contributed by atoms with Gasteiger partial charge in [0.2, 0.25) is 33.7 Å². The van der Waals surface area contributed by atoms with Crippen molar-refractivity contribution >= 4 is 52.6 Å². The molecule has 0 spiro atoms. The van der Waals surface area contributed by atoms with Gasteiger partial charge in [-0.25, -0.2) is 0 Å². The third kappa shape index (κ3) is 6.12. The van der Waals surface area contributed by atoms with E-state index in [2.05, 4.69) is 39.7 Å². The maximum absolute atomic E-state index is 6.13. The molecule has 4 aliphatic rings. The highest BCUT2D eigenvalue weighted by atomic mass is 35.5. The number of nitrogens with zero attached hydrogens (tertiary/aromatic N) is 9. The summed E-state index contributed by atoms with van der Waals surface area (Å²) < 4.78 is 16.2. The van der Waals surface area contributed by atoms with Gasteiger partial charge in [0, 0.05) is 26.2 Å². The highest BCUT2D eigenvalue weighted by molar-refractivity contribution is 6.31. The first-order valence-corrected chi connectivity index (χ1v) is 12.7. The van der Waals surface area contributed by atoms with Gasteiger partial charge >= 0.3 is 0 Å². The number of anilines is 3. The van der Waals surface area contributed by atoms with E-state index >= 15 is 0 Å². The molecule has 2 bridgehead atoms. The average molecular weight is 547 g/mol. The van der Waals surface area contributed by atoms with Crippen molar-refractivity contribution in [2.45, 2.75) is 24.9 Å². The molecule has 0 amide bonds. The number of hydrogen-bond donors (Lipinski definition) is 0. The summed E-state index contributed by atoms with van der Waals surface area (Å²) in [5.41, 5.74) is 0. The van der Waals surface area contributed by atoms with Gasteiger partial charge in [0.15, 0.2) is 0 Å². The number of morpholine rings is 3. The van der Waals surface area contributed by atoms with Crippen LogP contribution in [-0.4, -0.2) is 108 Å². The molecule has 4 saturated heterocycles. The summed E-state index contributed by atoms with van der Waals surface area (Å²) >= 11 is 17.5. The van der Waals surface area contributed by atoms with Gasteiger partial charge in [0.25, 0.3) is 0 Å². The van der Waals surface area contributed by atoms with Crippen LogP contribution in [0.2, 0.25) is 15.9 Å². The van der Waals surface area contributed by atoms with Crippen molar-refractivity contribution in [2.75, 3.05) is 80.5 Å². The van der Waals surface area contributed by atoms with Crippen molar-refractivity contribution in [2.24, 2.45) is 0 Å². The number of hydrogen-bond acceptors (Lipinski definition) is 12. The van der Waals surface area contributed by atoms with Crippen LogP contribution in [0.4, 0.5) is 17.8 Å². The molecule has 15 heteroatoms. The molecule has 0 aliphatic carbocycles. The lowest BCUT2D eigenvalue weighted by molar-refractivity contribution is 0.0897. The first-order valence-electron chi connectivity index (χ1n) is 11.6. The molecule has 190 valence electrons. The Labute approximate surface area is 217 Å². The second-order valence-electron chi connectivity index (χ2n) is 8.41. The molecule has 0 aromatic carbocycles. The zero-order valence-corrected chi connectivity index (χ0v) is 21.3. The summed E-state index contributed by atoms with van der Waals surface area (Å²) in [7, 11) is 0. The Morgan fingerprint density at radius 1 is 0.543 bits per heavy atom. The lowest BCUT2D eigenvalue weighted by Crippen LogP contribution is -2.47. The zero-order chi connectivity index (χ0) is 24.2. The quantitative estimate of drug-likeness (QED) is 0.558. The van der Waals surface area contributed by atoms with Crippen molar-refractivity contribution in [1.29, 1.82) is 0 Å². The van der Waals surface area contributed by atoms with Crippen LogP contribution in [0.1, 0.15) is 12.8 Å². The van der Waals surface area contributed by atoms with Crippen LogP contribution in [0.5, 0.6) is 0 Å². The van der Waals surface area contributed by atoms with Gasteiger partial charge < -0.3 is 28.9 Å². The maximum Gasteiger partial charge on any atom is 0.232 e. The Kier molecular flexibility index (Phi) is 8.15. The predicted molar refractivity (Wildman–Crippen MR) is 131 cm³/mol. The molecule has 0 saturated carbocycles. The second-order valence-corrected chi connectivity index (χ2v) is 9.42. The smallest absolute Gasteiger partial charge is 0.232 e. The molecule has 0 radical (unpaired) electrons. The number of aromatic nitrogens is 6. The standard InChI is InChI=1S/C13H18ClN5O2.C7H8Cl2N4O/c14-11-15-12(18-3-5-20-6-4-18)17-13(16-11)19-9-1-2-10(19)8-21-7-9;8-5-10-6(9)12-7(11-5)13-1-3-14-4-2-13/h9-10H,1-8H2;1-4H2. The molecular formula is C20H26Cl3N9O3. The van der Waals surface area contributed by atoms with E-state index in [0.717, 1.165) is 52.2 Å². The third-order valence-electron chi connectivity index (χ3n) is 6.21. The van der Waals surface area contributed by atoms with Gasteiger partial charge in [-0.05, 0) is 47.6 Å². The molecule has 0 N–H and O–H groups in total. The summed E-state index contributed by atoms with van der Waals surface area (Å²) in [5.74, 6) is 1.85. The van der Waals surface area contributed by atoms with Crippen LogP contribution in [-0.2, 0) is 14.2 Å². The number of ether oxygens (including phenoxy) is 3. The molecule has 4 aliphatic heterocycles. The average Bonchev–Trinajstić information content (AvgIpc) is 3.13. The summed E-state index contributed by atoms with van der Waals surface area (Å²) in [6.45, 7) is 7.28. The van der Waals surface area contributed by atoms with E-state index in [9.17, 15) is 0 Å². The highest BCUT2D eigenvalue weighted by Crippen LogP contribution is 2.33. The van der Waals surface area contributed by atoms with E-state index in [-0.39, 0.29) is 15.9 Å². The zero-order valence-electron chi connectivity index (χ0n) is 19.0. The summed E-state index contributed by atoms with van der Waals surface area (Å²) in [4.78, 5) is 31.3. The second kappa shape index (κ2) is 11.5. The van der Waals surface area contributed by atoms with E-state index in [4.69, 9.17) is 49.0 Å². The van der Waals surface area contributed by atoms with E-state index in [1.54, 1.807) is 0 Å². The van der Waals surface area contributed by atoms with Gasteiger partial charge in [0.1, 0.15) is 0 Å². The van der Waals surface area contributed by atoms with E-state index in [1.807, 2.05) is 4.90 Å². The van der Waals surface area contributed by atoms with Crippen LogP contribution in [0.25, 0.3) is 0 Å². The van der Waals surface area contributed by atoms with Gasteiger partial charge in [-0.3, -0.25) is 0 Å². The van der Waals surface area contributed by atoms with Gasteiger partial charge in [0.05, 0.1) is 51.7 Å². The van der Waals surface area contributed by atoms with Crippen LogP contribution >= 0.6 is 34.8 Å². The van der Waals surface area contributed by atoms with Crippen LogP contribution in [0, 0.1) is 0 Å². The minimum atomic E-state index is 0.117. The Morgan fingerprint density at radius 3 is 1.49 bits per heavy atom. The van der Waals surface area contributed by atoms with Crippen molar-refractivity contribution in [3.63, 3.8) is 0 Å². The topological polar surface area (TPSA) is 115 Å². The fourth-order valence-corrected chi connectivity index (χ4v) is 5.03. The Hall–Kier alpha value is -1.83. The molecular weight excluding hydrogens is 521 g/mol. The van der Waals surface area contributed by atoms with Crippen molar-refractivity contribution in [3.8, 4) is 0 Å². The Balaban J connectivity index is 0.000000158. The third-order valence-corrected chi connectivity index (χ3v) is 6.72.